The highest BCUT2D eigenvalue weighted by Gasteiger charge is 2.20. The molecule has 4 heteroatoms. The Labute approximate surface area is 109 Å². The van der Waals surface area contributed by atoms with Crippen LogP contribution in [0.5, 0.6) is 5.75 Å². The van der Waals surface area contributed by atoms with Crippen molar-refractivity contribution in [3.05, 3.63) is 23.8 Å². The molecule has 0 radical (unpaired) electrons. The van der Waals surface area contributed by atoms with E-state index in [4.69, 9.17) is 10.5 Å². The van der Waals surface area contributed by atoms with Gasteiger partial charge in [-0.3, -0.25) is 4.79 Å². The van der Waals surface area contributed by atoms with E-state index in [0.717, 1.165) is 12.0 Å². The number of rotatable bonds is 5. The maximum absolute atomic E-state index is 12.0. The number of nitrogens with two attached hydrogens (primary N) is 1. The number of aryl methyl sites for hydroxylation is 1. The van der Waals surface area contributed by atoms with Crippen LogP contribution in [0.3, 0.4) is 0 Å². The Bertz CT molecular complexity index is 418. The molecule has 0 heterocycles. The van der Waals surface area contributed by atoms with Crippen LogP contribution in [0.4, 0.5) is 5.69 Å². The van der Waals surface area contributed by atoms with Crippen LogP contribution < -0.4 is 15.8 Å². The van der Waals surface area contributed by atoms with Gasteiger partial charge >= 0.3 is 0 Å². The first kappa shape index (κ1) is 14.5. The lowest BCUT2D eigenvalue weighted by Gasteiger charge is -2.19. The summed E-state index contributed by atoms with van der Waals surface area (Å²) in [5.41, 5.74) is 7.62. The predicted molar refractivity (Wildman–Crippen MR) is 73.8 cm³/mol. The summed E-state index contributed by atoms with van der Waals surface area (Å²) in [6, 6.07) is 5.14. The average Bonchev–Trinajstić information content (AvgIpc) is 2.37. The third-order valence-corrected chi connectivity index (χ3v) is 3.17. The van der Waals surface area contributed by atoms with E-state index in [-0.39, 0.29) is 11.8 Å². The van der Waals surface area contributed by atoms with Crippen molar-refractivity contribution in [2.75, 3.05) is 12.4 Å². The molecule has 0 spiro atoms. The molecular formula is C14H22N2O2. The SMILES string of the molecule is CC[C@H](C)[C@H](N)C(=O)Nc1cc(C)ccc1OC. The normalized spacial score (nSPS) is 13.8. The van der Waals surface area contributed by atoms with E-state index in [1.54, 1.807) is 7.11 Å². The third kappa shape index (κ3) is 3.47. The standard InChI is InChI=1S/C14H22N2O2/c1-5-10(3)13(15)14(17)16-11-8-9(2)6-7-12(11)18-4/h6-8,10,13H,5,15H2,1-4H3,(H,16,17)/t10-,13-/m0/s1. The fraction of sp³-hybridized carbons (Fsp3) is 0.500. The number of methoxy groups -OCH3 is 1. The molecule has 0 aliphatic rings. The van der Waals surface area contributed by atoms with Crippen molar-refractivity contribution in [3.8, 4) is 5.75 Å². The summed E-state index contributed by atoms with van der Waals surface area (Å²) in [4.78, 5) is 12.0. The predicted octanol–water partition coefficient (Wildman–Crippen LogP) is 2.32. The molecule has 0 saturated heterocycles. The Morgan fingerprint density at radius 1 is 1.50 bits per heavy atom. The van der Waals surface area contributed by atoms with E-state index in [1.165, 1.54) is 0 Å². The maximum Gasteiger partial charge on any atom is 0.241 e. The molecule has 0 unspecified atom stereocenters. The molecule has 2 atom stereocenters. The van der Waals surface area contributed by atoms with Gasteiger partial charge in [-0.25, -0.2) is 0 Å². The van der Waals surface area contributed by atoms with Crippen LogP contribution in [-0.4, -0.2) is 19.1 Å². The van der Waals surface area contributed by atoms with Gasteiger partial charge in [0.05, 0.1) is 18.8 Å². The average molecular weight is 250 g/mol. The molecule has 0 aliphatic heterocycles. The Kier molecular flexibility index (Phi) is 5.16. The van der Waals surface area contributed by atoms with Gasteiger partial charge in [-0.2, -0.15) is 0 Å². The summed E-state index contributed by atoms with van der Waals surface area (Å²) < 4.78 is 5.21. The van der Waals surface area contributed by atoms with Crippen LogP contribution in [0, 0.1) is 12.8 Å². The summed E-state index contributed by atoms with van der Waals surface area (Å²) in [5.74, 6) is 0.624. The van der Waals surface area contributed by atoms with Gasteiger partial charge < -0.3 is 15.8 Å². The third-order valence-electron chi connectivity index (χ3n) is 3.17. The molecule has 100 valence electrons. The molecule has 0 saturated carbocycles. The van der Waals surface area contributed by atoms with E-state index in [1.807, 2.05) is 39.0 Å². The zero-order valence-corrected chi connectivity index (χ0v) is 11.5. The zero-order chi connectivity index (χ0) is 13.7. The van der Waals surface area contributed by atoms with E-state index in [0.29, 0.717) is 11.4 Å². The van der Waals surface area contributed by atoms with Crippen LogP contribution in [0.25, 0.3) is 0 Å². The molecule has 3 N–H and O–H groups in total. The van der Waals surface area contributed by atoms with Gasteiger partial charge in [-0.15, -0.1) is 0 Å². The molecule has 0 aromatic heterocycles. The highest BCUT2D eigenvalue weighted by atomic mass is 16.5. The van der Waals surface area contributed by atoms with E-state index >= 15 is 0 Å². The van der Waals surface area contributed by atoms with Crippen LogP contribution in [-0.2, 0) is 4.79 Å². The number of carbonyl (C=O) groups excluding carboxylic acids is 1. The minimum atomic E-state index is -0.500. The minimum Gasteiger partial charge on any atom is -0.495 e. The second kappa shape index (κ2) is 6.40. The van der Waals surface area contributed by atoms with Gasteiger partial charge in [0.1, 0.15) is 5.75 Å². The molecule has 1 aromatic rings. The summed E-state index contributed by atoms with van der Waals surface area (Å²) in [7, 11) is 1.58. The van der Waals surface area contributed by atoms with Gasteiger partial charge in [0.25, 0.3) is 0 Å². The van der Waals surface area contributed by atoms with E-state index in [2.05, 4.69) is 5.32 Å². The molecule has 4 nitrogen and oxygen atoms in total. The van der Waals surface area contributed by atoms with E-state index in [9.17, 15) is 4.79 Å². The maximum atomic E-state index is 12.0. The largest absolute Gasteiger partial charge is 0.495 e. The molecule has 0 bridgehead atoms. The second-order valence-electron chi connectivity index (χ2n) is 4.60. The molecular weight excluding hydrogens is 228 g/mol. The van der Waals surface area contributed by atoms with Crippen LogP contribution in [0.15, 0.2) is 18.2 Å². The van der Waals surface area contributed by atoms with Gasteiger partial charge in [0.15, 0.2) is 0 Å². The van der Waals surface area contributed by atoms with Crippen molar-refractivity contribution in [3.63, 3.8) is 0 Å². The van der Waals surface area contributed by atoms with Crippen molar-refractivity contribution < 1.29 is 9.53 Å². The summed E-state index contributed by atoms with van der Waals surface area (Å²) >= 11 is 0. The quantitative estimate of drug-likeness (QED) is 0.843. The topological polar surface area (TPSA) is 64.4 Å². The molecule has 1 amide bonds. The van der Waals surface area contributed by atoms with Crippen LogP contribution in [0.2, 0.25) is 0 Å². The highest BCUT2D eigenvalue weighted by Crippen LogP contribution is 2.25. The number of anilines is 1. The minimum absolute atomic E-state index is 0.154. The first-order valence-corrected chi connectivity index (χ1v) is 6.20. The number of benzene rings is 1. The van der Waals surface area contributed by atoms with Gasteiger partial charge in [-0.05, 0) is 30.5 Å². The first-order chi connectivity index (χ1) is 8.49. The lowest BCUT2D eigenvalue weighted by Crippen LogP contribution is -2.40. The number of hydrogen-bond donors (Lipinski definition) is 2. The fourth-order valence-electron chi connectivity index (χ4n) is 1.65. The van der Waals surface area contributed by atoms with Crippen molar-refractivity contribution in [2.24, 2.45) is 11.7 Å². The van der Waals surface area contributed by atoms with Crippen molar-refractivity contribution in [1.29, 1.82) is 0 Å². The van der Waals surface area contributed by atoms with Crippen molar-refractivity contribution >= 4 is 11.6 Å². The Balaban J connectivity index is 2.84. The Morgan fingerprint density at radius 3 is 2.72 bits per heavy atom. The molecule has 18 heavy (non-hydrogen) atoms. The van der Waals surface area contributed by atoms with Crippen molar-refractivity contribution in [2.45, 2.75) is 33.2 Å². The Hall–Kier alpha value is -1.55. The lowest BCUT2D eigenvalue weighted by molar-refractivity contribution is -0.118. The lowest BCUT2D eigenvalue weighted by atomic mass is 9.99. The summed E-state index contributed by atoms with van der Waals surface area (Å²) in [5, 5.41) is 2.83. The number of hydrogen-bond acceptors (Lipinski definition) is 3. The molecule has 1 rings (SSSR count). The molecule has 0 fully saturated rings. The van der Waals surface area contributed by atoms with Gasteiger partial charge in [0, 0.05) is 0 Å². The van der Waals surface area contributed by atoms with E-state index < -0.39 is 6.04 Å². The molecule has 1 aromatic carbocycles. The Morgan fingerprint density at radius 2 is 2.17 bits per heavy atom. The fourth-order valence-corrected chi connectivity index (χ4v) is 1.65. The highest BCUT2D eigenvalue weighted by molar-refractivity contribution is 5.96. The zero-order valence-electron chi connectivity index (χ0n) is 11.5. The number of nitrogens with one attached hydrogen (secondary N) is 1. The summed E-state index contributed by atoms with van der Waals surface area (Å²) in [6.07, 6.45) is 0.875. The van der Waals surface area contributed by atoms with Gasteiger partial charge in [-0.1, -0.05) is 26.3 Å². The summed E-state index contributed by atoms with van der Waals surface area (Å²) in [6.45, 7) is 5.95. The number of ether oxygens (including phenoxy) is 1. The smallest absolute Gasteiger partial charge is 0.241 e. The van der Waals surface area contributed by atoms with Crippen LogP contribution in [0.1, 0.15) is 25.8 Å². The van der Waals surface area contributed by atoms with Crippen molar-refractivity contribution in [1.82, 2.24) is 0 Å². The molecule has 0 aliphatic carbocycles. The van der Waals surface area contributed by atoms with Crippen LogP contribution >= 0.6 is 0 Å². The second-order valence-corrected chi connectivity index (χ2v) is 4.60. The number of carbonyl (C=O) groups is 1. The number of amides is 1. The first-order valence-electron chi connectivity index (χ1n) is 6.20. The monoisotopic (exact) mass is 250 g/mol. The van der Waals surface area contributed by atoms with Gasteiger partial charge in [0.2, 0.25) is 5.91 Å².